The van der Waals surface area contributed by atoms with E-state index in [9.17, 15) is 0 Å². The molecule has 0 fully saturated rings. The van der Waals surface area contributed by atoms with Crippen LogP contribution in [0.3, 0.4) is 0 Å². The van der Waals surface area contributed by atoms with E-state index in [1.165, 1.54) is 11.8 Å². The fraction of sp³-hybridized carbons (Fsp3) is 0.800. The summed E-state index contributed by atoms with van der Waals surface area (Å²) in [6.07, 6.45) is 0. The van der Waals surface area contributed by atoms with Crippen LogP contribution in [0.15, 0.2) is 0 Å². The summed E-state index contributed by atoms with van der Waals surface area (Å²) >= 11 is 12.2. The summed E-state index contributed by atoms with van der Waals surface area (Å²) < 4.78 is 1.77. The first-order chi connectivity index (χ1) is 7.10. The Bertz CT molecular complexity index is 198. The number of rotatable bonds is 4. The molecule has 0 amide bonds. The van der Waals surface area contributed by atoms with E-state index in [2.05, 4.69) is 37.5 Å². The first-order valence-electron chi connectivity index (χ1n) is 5.36. The Morgan fingerprint density at radius 1 is 0.765 bits per heavy atom. The van der Waals surface area contributed by atoms with Crippen LogP contribution in [-0.2, 0) is 0 Å². The maximum atomic E-state index is 5.34. The van der Waals surface area contributed by atoms with E-state index < -0.39 is 0 Å². The van der Waals surface area contributed by atoms with Gasteiger partial charge < -0.3 is 9.80 Å². The van der Waals surface area contributed by atoms with Crippen molar-refractivity contribution in [3.63, 3.8) is 0 Å². The average molecular weight is 312 g/mol. The van der Waals surface area contributed by atoms with Crippen molar-refractivity contribution in [1.82, 2.24) is 9.80 Å². The Hall–Kier alpha value is 2.13. The molecule has 0 aromatic rings. The average Bonchev–Trinajstić information content (AvgIpc) is 2.21. The van der Waals surface area contributed by atoms with Crippen LogP contribution in [0.2, 0.25) is 0 Å². The van der Waals surface area contributed by atoms with Gasteiger partial charge in [0.1, 0.15) is 8.64 Å². The summed E-state index contributed by atoms with van der Waals surface area (Å²) in [5.74, 6) is 0. The third kappa shape index (κ3) is 9.63. The Labute approximate surface area is 165 Å². The molecule has 0 aliphatic rings. The van der Waals surface area contributed by atoms with Gasteiger partial charge in [0.2, 0.25) is 0 Å². The van der Waals surface area contributed by atoms with Crippen LogP contribution in [0.5, 0.6) is 0 Å². The zero-order valence-electron chi connectivity index (χ0n) is 9.95. The van der Waals surface area contributed by atoms with Crippen molar-refractivity contribution in [2.45, 2.75) is 27.7 Å². The Kier molecular flexibility index (Phi) is 20.7. The summed E-state index contributed by atoms with van der Waals surface area (Å²) in [4.78, 5) is 4.30. The van der Waals surface area contributed by atoms with Gasteiger partial charge in [0.05, 0.1) is 0 Å². The van der Waals surface area contributed by atoms with Crippen molar-refractivity contribution in [3.8, 4) is 0 Å². The van der Waals surface area contributed by atoms with Crippen molar-refractivity contribution >= 4 is 104 Å². The van der Waals surface area contributed by atoms with E-state index in [0.29, 0.717) is 0 Å². The quantitative estimate of drug-likeness (QED) is 0.574. The summed E-state index contributed by atoms with van der Waals surface area (Å²) in [7, 11) is 0. The molecule has 92 valence electrons. The second-order valence-corrected chi connectivity index (χ2v) is 5.25. The van der Waals surface area contributed by atoms with Gasteiger partial charge in [0, 0.05) is 26.2 Å². The van der Waals surface area contributed by atoms with E-state index in [1.807, 2.05) is 0 Å². The standard InChI is InChI=1S/C10H20N2S3.2Na.2H/c1-5-11(6-2)9(13)15-10(14)12(7-3)8-4;;;;/h5-8H2,1-4H3;;;;. The number of thiocarbonyl (C=S) groups is 2. The molecule has 0 N–H and O–H groups in total. The Balaban J connectivity index is -0.000000980. The van der Waals surface area contributed by atoms with Gasteiger partial charge in [0.25, 0.3) is 0 Å². The van der Waals surface area contributed by atoms with Crippen molar-refractivity contribution in [1.29, 1.82) is 0 Å². The number of hydrogen-bond donors (Lipinski definition) is 0. The number of nitrogens with zero attached hydrogens (tertiary/aromatic N) is 2. The minimum atomic E-state index is 0. The molecule has 0 heterocycles. The van der Waals surface area contributed by atoms with Crippen molar-refractivity contribution in [2.75, 3.05) is 26.2 Å². The first-order valence-corrected chi connectivity index (χ1v) is 6.99. The third-order valence-corrected chi connectivity index (χ3v) is 4.10. The van der Waals surface area contributed by atoms with Gasteiger partial charge in [-0.05, 0) is 39.5 Å². The zero-order chi connectivity index (χ0) is 11.8. The molecule has 0 saturated carbocycles. The summed E-state index contributed by atoms with van der Waals surface area (Å²) in [6, 6.07) is 0. The zero-order valence-corrected chi connectivity index (χ0v) is 12.4. The van der Waals surface area contributed by atoms with Gasteiger partial charge in [-0.1, -0.05) is 24.4 Å². The van der Waals surface area contributed by atoms with Crippen LogP contribution in [-0.4, -0.2) is 104 Å². The van der Waals surface area contributed by atoms with Gasteiger partial charge in [-0.3, -0.25) is 0 Å². The first kappa shape index (κ1) is 24.2. The molecule has 0 atom stereocenters. The van der Waals surface area contributed by atoms with E-state index in [-0.39, 0.29) is 59.1 Å². The molecule has 0 spiro atoms. The predicted molar refractivity (Wildman–Crippen MR) is 92.9 cm³/mol. The molecule has 0 radical (unpaired) electrons. The second-order valence-electron chi connectivity index (χ2n) is 2.98. The van der Waals surface area contributed by atoms with Crippen LogP contribution in [0.4, 0.5) is 0 Å². The van der Waals surface area contributed by atoms with Crippen molar-refractivity contribution in [2.24, 2.45) is 0 Å². The number of thioether (sulfide) groups is 1. The van der Waals surface area contributed by atoms with Crippen LogP contribution in [0, 0.1) is 0 Å². The van der Waals surface area contributed by atoms with E-state index in [1.54, 1.807) is 0 Å². The molecule has 0 aromatic heterocycles. The van der Waals surface area contributed by atoms with E-state index >= 15 is 0 Å². The second kappa shape index (κ2) is 14.5. The van der Waals surface area contributed by atoms with Crippen LogP contribution >= 0.6 is 36.2 Å². The molecule has 2 nitrogen and oxygen atoms in total. The minimum absolute atomic E-state index is 0. The molecular weight excluding hydrogens is 290 g/mol. The fourth-order valence-electron chi connectivity index (χ4n) is 1.17. The maximum absolute atomic E-state index is 5.34. The fourth-order valence-corrected chi connectivity index (χ4v) is 3.24. The van der Waals surface area contributed by atoms with Crippen LogP contribution < -0.4 is 0 Å². The molecule has 0 aromatic carbocycles. The predicted octanol–water partition coefficient (Wildman–Crippen LogP) is 1.68. The van der Waals surface area contributed by atoms with Gasteiger partial charge in [-0.15, -0.1) is 0 Å². The van der Waals surface area contributed by atoms with E-state index in [0.717, 1.165) is 34.8 Å². The molecule has 0 unspecified atom stereocenters. The summed E-state index contributed by atoms with van der Waals surface area (Å²) in [5, 5.41) is 0. The summed E-state index contributed by atoms with van der Waals surface area (Å²) in [6.45, 7) is 12.2. The Morgan fingerprint density at radius 3 is 1.18 bits per heavy atom. The van der Waals surface area contributed by atoms with Gasteiger partial charge in [-0.25, -0.2) is 0 Å². The normalized spacial score (nSPS) is 8.71. The monoisotopic (exact) mass is 312 g/mol. The van der Waals surface area contributed by atoms with Crippen LogP contribution in [0.1, 0.15) is 27.7 Å². The topological polar surface area (TPSA) is 6.48 Å². The molecule has 0 rings (SSSR count). The molecule has 0 saturated heterocycles. The van der Waals surface area contributed by atoms with E-state index in [4.69, 9.17) is 24.4 Å². The number of hydrogen-bond acceptors (Lipinski definition) is 3. The van der Waals surface area contributed by atoms with Crippen molar-refractivity contribution in [3.05, 3.63) is 0 Å². The molecule has 7 heteroatoms. The Morgan fingerprint density at radius 2 is 1.00 bits per heavy atom. The van der Waals surface area contributed by atoms with Gasteiger partial charge >= 0.3 is 59.1 Å². The summed E-state index contributed by atoms with van der Waals surface area (Å²) in [5.41, 5.74) is 0. The van der Waals surface area contributed by atoms with Crippen LogP contribution in [0.25, 0.3) is 0 Å². The molecule has 0 aliphatic carbocycles. The third-order valence-electron chi connectivity index (χ3n) is 2.22. The molecular formula is C10H22N2Na2S3. The molecule has 17 heavy (non-hydrogen) atoms. The van der Waals surface area contributed by atoms with Gasteiger partial charge in [0.15, 0.2) is 0 Å². The van der Waals surface area contributed by atoms with Crippen molar-refractivity contribution < 1.29 is 0 Å². The van der Waals surface area contributed by atoms with Gasteiger partial charge in [-0.2, -0.15) is 0 Å². The molecule has 0 bridgehead atoms. The molecule has 0 aliphatic heterocycles. The SMILES string of the molecule is CCN(CC)C(=S)SC(=S)N(CC)CC.[NaH].[NaH].